The van der Waals surface area contributed by atoms with Gasteiger partial charge < -0.3 is 9.84 Å². The second-order valence-corrected chi connectivity index (χ2v) is 7.21. The van der Waals surface area contributed by atoms with Gasteiger partial charge in [-0.15, -0.1) is 0 Å². The highest BCUT2D eigenvalue weighted by Crippen LogP contribution is 2.36. The summed E-state index contributed by atoms with van der Waals surface area (Å²) >= 11 is 0. The van der Waals surface area contributed by atoms with Gasteiger partial charge in [0.1, 0.15) is 0 Å². The lowest BCUT2D eigenvalue weighted by molar-refractivity contribution is 0.340. The Morgan fingerprint density at radius 2 is 1.84 bits per heavy atom. The standard InChI is InChI=1S/C19H21N5O/c1-12-8-9-24(22-12)17-6-2-13(3-7-17)19-21-18(23-25-19)14-10-15-4-5-16(11-14)20-15/h2-3,6-9,14-16,20H,4-5,10-11H2,1H3. The molecule has 2 aromatic heterocycles. The van der Waals surface area contributed by atoms with Gasteiger partial charge >= 0.3 is 0 Å². The summed E-state index contributed by atoms with van der Waals surface area (Å²) in [6, 6.07) is 11.3. The Morgan fingerprint density at radius 1 is 1.08 bits per heavy atom. The van der Waals surface area contributed by atoms with Crippen LogP contribution in [0.3, 0.4) is 0 Å². The molecule has 5 rings (SSSR count). The van der Waals surface area contributed by atoms with Gasteiger partial charge in [0, 0.05) is 29.8 Å². The van der Waals surface area contributed by atoms with Gasteiger partial charge in [-0.1, -0.05) is 5.16 Å². The molecule has 0 radical (unpaired) electrons. The highest BCUT2D eigenvalue weighted by Gasteiger charge is 2.36. The summed E-state index contributed by atoms with van der Waals surface area (Å²) in [6.45, 7) is 1.98. The predicted molar refractivity (Wildman–Crippen MR) is 93.5 cm³/mol. The van der Waals surface area contributed by atoms with E-state index in [1.165, 1.54) is 12.8 Å². The second kappa shape index (κ2) is 5.81. The average Bonchev–Trinajstić information content (AvgIpc) is 3.36. The van der Waals surface area contributed by atoms with E-state index in [1.807, 2.05) is 48.1 Å². The second-order valence-electron chi connectivity index (χ2n) is 7.21. The smallest absolute Gasteiger partial charge is 0.257 e. The first-order valence-corrected chi connectivity index (χ1v) is 8.97. The maximum Gasteiger partial charge on any atom is 0.257 e. The first-order valence-electron chi connectivity index (χ1n) is 8.97. The lowest BCUT2D eigenvalue weighted by Gasteiger charge is -2.26. The van der Waals surface area contributed by atoms with Crippen LogP contribution in [0.1, 0.15) is 43.1 Å². The monoisotopic (exact) mass is 335 g/mol. The van der Waals surface area contributed by atoms with Crippen molar-refractivity contribution in [2.45, 2.75) is 50.6 Å². The predicted octanol–water partition coefficient (Wildman–Crippen LogP) is 3.23. The van der Waals surface area contributed by atoms with E-state index in [0.717, 1.165) is 35.6 Å². The Labute approximate surface area is 146 Å². The summed E-state index contributed by atoms with van der Waals surface area (Å²) < 4.78 is 7.40. The van der Waals surface area contributed by atoms with Crippen molar-refractivity contribution in [3.05, 3.63) is 48.0 Å². The third-order valence-corrected chi connectivity index (χ3v) is 5.38. The molecular formula is C19H21N5O. The lowest BCUT2D eigenvalue weighted by Crippen LogP contribution is -2.37. The molecule has 2 unspecified atom stereocenters. The molecular weight excluding hydrogens is 314 g/mol. The first kappa shape index (κ1) is 14.8. The molecule has 1 aromatic carbocycles. The summed E-state index contributed by atoms with van der Waals surface area (Å²) in [5, 5.41) is 12.4. The van der Waals surface area contributed by atoms with Gasteiger partial charge in [-0.05, 0) is 62.9 Å². The average molecular weight is 335 g/mol. The quantitative estimate of drug-likeness (QED) is 0.796. The molecule has 6 nitrogen and oxygen atoms in total. The minimum atomic E-state index is 0.419. The first-order chi connectivity index (χ1) is 12.2. The van der Waals surface area contributed by atoms with Crippen molar-refractivity contribution in [1.29, 1.82) is 0 Å². The van der Waals surface area contributed by atoms with Gasteiger partial charge in [0.15, 0.2) is 5.82 Å². The normalized spacial score (nSPS) is 25.4. The van der Waals surface area contributed by atoms with Crippen molar-refractivity contribution in [2.24, 2.45) is 0 Å². The summed E-state index contributed by atoms with van der Waals surface area (Å²) in [5.74, 6) is 1.88. The molecule has 2 aliphatic heterocycles. The largest absolute Gasteiger partial charge is 0.334 e. The summed E-state index contributed by atoms with van der Waals surface area (Å²) in [5.41, 5.74) is 2.97. The Balaban J connectivity index is 1.36. The van der Waals surface area contributed by atoms with Crippen LogP contribution in [0.25, 0.3) is 17.1 Å². The maximum absolute atomic E-state index is 5.54. The van der Waals surface area contributed by atoms with Crippen molar-refractivity contribution in [3.63, 3.8) is 0 Å². The highest BCUT2D eigenvalue weighted by molar-refractivity contribution is 5.55. The minimum absolute atomic E-state index is 0.419. The van der Waals surface area contributed by atoms with E-state index < -0.39 is 0 Å². The fourth-order valence-corrected chi connectivity index (χ4v) is 4.10. The zero-order valence-electron chi connectivity index (χ0n) is 14.2. The molecule has 2 aliphatic rings. The zero-order chi connectivity index (χ0) is 16.8. The van der Waals surface area contributed by atoms with Crippen LogP contribution in [-0.2, 0) is 0 Å². The number of hydrogen-bond donors (Lipinski definition) is 1. The van der Waals surface area contributed by atoms with Crippen molar-refractivity contribution >= 4 is 0 Å². The van der Waals surface area contributed by atoms with Gasteiger partial charge in [0.25, 0.3) is 5.89 Å². The Hall–Kier alpha value is -2.47. The number of aromatic nitrogens is 4. The molecule has 25 heavy (non-hydrogen) atoms. The molecule has 128 valence electrons. The molecule has 2 saturated heterocycles. The minimum Gasteiger partial charge on any atom is -0.334 e. The molecule has 3 aromatic rings. The number of hydrogen-bond acceptors (Lipinski definition) is 5. The van der Waals surface area contributed by atoms with Gasteiger partial charge in [-0.25, -0.2) is 4.68 Å². The molecule has 0 amide bonds. The Bertz CT molecular complexity index is 869. The third kappa shape index (κ3) is 2.76. The molecule has 0 aliphatic carbocycles. The Morgan fingerprint density at radius 3 is 2.52 bits per heavy atom. The fraction of sp³-hybridized carbons (Fsp3) is 0.421. The van der Waals surface area contributed by atoms with Crippen LogP contribution >= 0.6 is 0 Å². The van der Waals surface area contributed by atoms with Crippen molar-refractivity contribution in [2.75, 3.05) is 0 Å². The molecule has 0 spiro atoms. The van der Waals surface area contributed by atoms with E-state index in [2.05, 4.69) is 20.6 Å². The van der Waals surface area contributed by atoms with E-state index in [0.29, 0.717) is 23.9 Å². The molecule has 6 heteroatoms. The van der Waals surface area contributed by atoms with Gasteiger partial charge in [0.05, 0.1) is 11.4 Å². The number of piperidine rings is 1. The van der Waals surface area contributed by atoms with E-state index in [9.17, 15) is 0 Å². The number of rotatable bonds is 3. The van der Waals surface area contributed by atoms with Crippen molar-refractivity contribution in [3.8, 4) is 17.1 Å². The summed E-state index contributed by atoms with van der Waals surface area (Å²) in [6.07, 6.45) is 6.75. The van der Waals surface area contributed by atoms with Gasteiger partial charge in [0.2, 0.25) is 0 Å². The van der Waals surface area contributed by atoms with Crippen LogP contribution in [0, 0.1) is 6.92 Å². The molecule has 0 saturated carbocycles. The van der Waals surface area contributed by atoms with E-state index in [-0.39, 0.29) is 0 Å². The molecule has 2 atom stereocenters. The maximum atomic E-state index is 5.54. The van der Waals surface area contributed by atoms with Crippen molar-refractivity contribution < 1.29 is 4.52 Å². The number of fused-ring (bicyclic) bond motifs is 2. The van der Waals surface area contributed by atoms with Gasteiger partial charge in [-0.3, -0.25) is 0 Å². The third-order valence-electron chi connectivity index (χ3n) is 5.38. The summed E-state index contributed by atoms with van der Waals surface area (Å²) in [7, 11) is 0. The van der Waals surface area contributed by atoms with Crippen LogP contribution in [-0.4, -0.2) is 32.0 Å². The SMILES string of the molecule is Cc1ccn(-c2ccc(-c3nc(C4CC5CCC(C4)N5)no3)cc2)n1. The molecule has 4 heterocycles. The summed E-state index contributed by atoms with van der Waals surface area (Å²) in [4.78, 5) is 4.68. The number of aryl methyl sites for hydroxylation is 1. The van der Waals surface area contributed by atoms with Crippen LogP contribution < -0.4 is 5.32 Å². The van der Waals surface area contributed by atoms with Crippen LogP contribution in [0.5, 0.6) is 0 Å². The van der Waals surface area contributed by atoms with Crippen LogP contribution in [0.4, 0.5) is 0 Å². The lowest BCUT2D eigenvalue weighted by atomic mass is 9.92. The van der Waals surface area contributed by atoms with E-state index in [4.69, 9.17) is 4.52 Å². The number of nitrogens with zero attached hydrogens (tertiary/aromatic N) is 4. The highest BCUT2D eigenvalue weighted by atomic mass is 16.5. The van der Waals surface area contributed by atoms with Crippen molar-refractivity contribution in [1.82, 2.24) is 25.2 Å². The number of nitrogens with one attached hydrogen (secondary N) is 1. The van der Waals surface area contributed by atoms with Crippen LogP contribution in [0.2, 0.25) is 0 Å². The van der Waals surface area contributed by atoms with Gasteiger partial charge in [-0.2, -0.15) is 10.1 Å². The van der Waals surface area contributed by atoms with E-state index >= 15 is 0 Å². The molecule has 2 fully saturated rings. The Kier molecular flexibility index (Phi) is 3.45. The fourth-order valence-electron chi connectivity index (χ4n) is 4.10. The number of benzene rings is 1. The molecule has 1 N–H and O–H groups in total. The molecule has 2 bridgehead atoms. The zero-order valence-corrected chi connectivity index (χ0v) is 14.2. The van der Waals surface area contributed by atoms with Crippen LogP contribution in [0.15, 0.2) is 41.1 Å². The van der Waals surface area contributed by atoms with E-state index in [1.54, 1.807) is 0 Å². The topological polar surface area (TPSA) is 68.8 Å².